The van der Waals surface area contributed by atoms with E-state index in [1.807, 2.05) is 60.3 Å². The molecule has 2 aromatic heterocycles. The second kappa shape index (κ2) is 19.5. The van der Waals surface area contributed by atoms with Gasteiger partial charge in [0.1, 0.15) is 12.1 Å². The van der Waals surface area contributed by atoms with Gasteiger partial charge in [0.25, 0.3) is 0 Å². The third-order valence-electron chi connectivity index (χ3n) is 9.48. The van der Waals surface area contributed by atoms with Crippen molar-refractivity contribution in [3.63, 3.8) is 0 Å². The highest BCUT2D eigenvalue weighted by Gasteiger charge is 2.34. The molecule has 0 saturated heterocycles. The van der Waals surface area contributed by atoms with Gasteiger partial charge >= 0.3 is 0 Å². The topological polar surface area (TPSA) is 150 Å². The molecule has 5 atom stereocenters. The van der Waals surface area contributed by atoms with Crippen LogP contribution in [0.1, 0.15) is 76.5 Å². The number of rotatable bonds is 19. The Morgan fingerprint density at radius 2 is 1.80 bits per heavy atom. The number of hydrogen-bond acceptors (Lipinski definition) is 8. The molecule has 0 spiro atoms. The summed E-state index contributed by atoms with van der Waals surface area (Å²) >= 11 is 1.40. The second-order valence-electron chi connectivity index (χ2n) is 14.0. The number of benzene rings is 1. The molecule has 0 unspecified atom stereocenters. The van der Waals surface area contributed by atoms with Gasteiger partial charge in [0, 0.05) is 50.8 Å². The maximum atomic E-state index is 14.1. The monoisotopic (exact) mass is 694 g/mol. The zero-order valence-electron chi connectivity index (χ0n) is 29.1. The van der Waals surface area contributed by atoms with Gasteiger partial charge in [0.15, 0.2) is 0 Å². The lowest BCUT2D eigenvalue weighted by Crippen LogP contribution is -2.56. The second-order valence-corrected chi connectivity index (χ2v) is 14.7. The number of amides is 3. The Labute approximate surface area is 294 Å². The van der Waals surface area contributed by atoms with Crippen LogP contribution in [0, 0.1) is 17.8 Å². The lowest BCUT2D eigenvalue weighted by molar-refractivity contribution is -0.137. The number of hydrogen-bond donors (Lipinski definition) is 4. The molecule has 0 radical (unpaired) electrons. The molecule has 1 saturated carbocycles. The van der Waals surface area contributed by atoms with Crippen molar-refractivity contribution >= 4 is 29.1 Å². The van der Waals surface area contributed by atoms with E-state index in [4.69, 9.17) is 0 Å². The van der Waals surface area contributed by atoms with Gasteiger partial charge in [-0.3, -0.25) is 14.4 Å². The molecule has 1 aromatic carbocycles. The van der Waals surface area contributed by atoms with E-state index >= 15 is 0 Å². The summed E-state index contributed by atoms with van der Waals surface area (Å²) in [4.78, 5) is 51.6. The maximum Gasteiger partial charge on any atom is 0.243 e. The summed E-state index contributed by atoms with van der Waals surface area (Å²) in [6, 6.07) is 7.87. The number of thiazole rings is 1. The first-order valence-corrected chi connectivity index (χ1v) is 18.6. The number of nitrogens with zero attached hydrogens (tertiary/aromatic N) is 4. The van der Waals surface area contributed by atoms with Crippen LogP contribution in [0.15, 0.2) is 59.9 Å². The van der Waals surface area contributed by atoms with Gasteiger partial charge in [-0.1, -0.05) is 76.3 Å². The summed E-state index contributed by atoms with van der Waals surface area (Å²) in [7, 11) is 1.72. The molecular formula is C37H54N6O5S. The quantitative estimate of drug-likeness (QED) is 0.148. The van der Waals surface area contributed by atoms with Crippen LogP contribution in [-0.2, 0) is 33.8 Å². The Morgan fingerprint density at radius 1 is 1.04 bits per heavy atom. The summed E-state index contributed by atoms with van der Waals surface area (Å²) in [5.41, 5.74) is 3.25. The number of carbonyl (C=O) groups excluding carboxylic acids is 3. The lowest BCUT2D eigenvalue weighted by Gasteiger charge is -2.34. The van der Waals surface area contributed by atoms with E-state index in [2.05, 4.69) is 20.6 Å². The van der Waals surface area contributed by atoms with E-state index < -0.39 is 42.0 Å². The van der Waals surface area contributed by atoms with Crippen molar-refractivity contribution in [2.24, 2.45) is 17.8 Å². The third-order valence-corrected chi connectivity index (χ3v) is 10.1. The standard InChI is InChI=1S/C37H54N6O5S/c1-26(2)18-33(44)35(46)31(20-28-12-8-5-9-13-28)40-37(48)32(22-30-23-49-25-39-30)41-36(47)29(19-27-10-6-4-7-11-27)21-34(45)42(3)16-17-43-15-14-38-24-43/h4,6-7,10-11,14-15,23-26,28-29,31-33,35,44,46H,5,8-9,12-13,16-22H2,1-3H3,(H,40,48)(H,41,47)/t29-,31+,32+,33+,35-/m1/s1. The molecular weight excluding hydrogens is 641 g/mol. The minimum absolute atomic E-state index is 0.0311. The van der Waals surface area contributed by atoms with Crippen LogP contribution in [0.3, 0.4) is 0 Å². The largest absolute Gasteiger partial charge is 0.390 e. The predicted molar refractivity (Wildman–Crippen MR) is 190 cm³/mol. The molecule has 3 aromatic rings. The minimum atomic E-state index is -1.15. The summed E-state index contributed by atoms with van der Waals surface area (Å²) < 4.78 is 1.89. The molecule has 11 nitrogen and oxygen atoms in total. The zero-order chi connectivity index (χ0) is 35.2. The Bertz CT molecular complexity index is 1400. The highest BCUT2D eigenvalue weighted by molar-refractivity contribution is 7.07. The van der Waals surface area contributed by atoms with Gasteiger partial charge in [-0.15, -0.1) is 11.3 Å². The van der Waals surface area contributed by atoms with E-state index in [1.165, 1.54) is 17.8 Å². The van der Waals surface area contributed by atoms with Crippen molar-refractivity contribution in [3.8, 4) is 0 Å². The van der Waals surface area contributed by atoms with Gasteiger partial charge < -0.3 is 30.3 Å². The fraction of sp³-hybridized carbons (Fsp3) is 0.595. The van der Waals surface area contributed by atoms with E-state index in [9.17, 15) is 24.6 Å². The van der Waals surface area contributed by atoms with Crippen LogP contribution in [0.4, 0.5) is 0 Å². The Morgan fingerprint density at radius 3 is 2.45 bits per heavy atom. The molecule has 2 heterocycles. The van der Waals surface area contributed by atoms with Crippen LogP contribution in [-0.4, -0.2) is 85.3 Å². The summed E-state index contributed by atoms with van der Waals surface area (Å²) in [6.45, 7) is 5.00. The molecule has 1 aliphatic rings. The van der Waals surface area contributed by atoms with Crippen molar-refractivity contribution in [2.45, 2.75) is 109 Å². The van der Waals surface area contributed by atoms with Crippen molar-refractivity contribution in [1.82, 2.24) is 30.1 Å². The van der Waals surface area contributed by atoms with Crippen molar-refractivity contribution in [2.75, 3.05) is 13.6 Å². The first-order chi connectivity index (χ1) is 23.6. The normalized spacial score (nSPS) is 16.8. The fourth-order valence-corrected chi connectivity index (χ4v) is 7.19. The maximum absolute atomic E-state index is 14.1. The average Bonchev–Trinajstić information content (AvgIpc) is 3.81. The number of aromatic nitrogens is 3. The number of aliphatic hydroxyl groups is 2. The highest BCUT2D eigenvalue weighted by Crippen LogP contribution is 2.29. The first kappa shape index (κ1) is 38.2. The lowest BCUT2D eigenvalue weighted by atomic mass is 9.82. The molecule has 1 aliphatic carbocycles. The molecule has 268 valence electrons. The number of likely N-dealkylation sites (N-methyl/N-ethyl adjacent to an activating group) is 1. The van der Waals surface area contributed by atoms with Crippen molar-refractivity contribution in [3.05, 3.63) is 71.2 Å². The first-order valence-electron chi connectivity index (χ1n) is 17.7. The molecule has 0 bridgehead atoms. The van der Waals surface area contributed by atoms with Gasteiger partial charge in [-0.2, -0.15) is 0 Å². The van der Waals surface area contributed by atoms with Crippen LogP contribution >= 0.6 is 11.3 Å². The van der Waals surface area contributed by atoms with Crippen molar-refractivity contribution in [1.29, 1.82) is 0 Å². The number of imidazole rings is 1. The van der Waals surface area contributed by atoms with Crippen LogP contribution in [0.5, 0.6) is 0 Å². The Balaban J connectivity index is 1.52. The van der Waals surface area contributed by atoms with Crippen molar-refractivity contribution < 1.29 is 24.6 Å². The third kappa shape index (κ3) is 12.7. The van der Waals surface area contributed by atoms with Gasteiger partial charge in [0.05, 0.1) is 35.6 Å². The SMILES string of the molecule is CC(C)C[C@H](O)[C@H](O)[C@H](CC1CCCCC1)NC(=O)[C@H](Cc1cscn1)NC(=O)[C@@H](CC(=O)N(C)CCn1ccnc1)Cc1ccccc1. The Kier molecular flexibility index (Phi) is 15.2. The van der Waals surface area contributed by atoms with E-state index in [0.29, 0.717) is 44.0 Å². The molecule has 49 heavy (non-hydrogen) atoms. The minimum Gasteiger partial charge on any atom is -0.390 e. The predicted octanol–water partition coefficient (Wildman–Crippen LogP) is 4.00. The molecule has 3 amide bonds. The van der Waals surface area contributed by atoms with Gasteiger partial charge in [0.2, 0.25) is 17.7 Å². The van der Waals surface area contributed by atoms with Gasteiger partial charge in [-0.25, -0.2) is 9.97 Å². The summed E-state index contributed by atoms with van der Waals surface area (Å²) in [6.07, 6.45) is 9.91. The van der Waals surface area contributed by atoms with E-state index in [0.717, 1.165) is 31.2 Å². The van der Waals surface area contributed by atoms with Crippen LogP contribution in [0.2, 0.25) is 0 Å². The average molecular weight is 695 g/mol. The van der Waals surface area contributed by atoms with E-state index in [1.54, 1.807) is 30.0 Å². The van der Waals surface area contributed by atoms with E-state index in [-0.39, 0.29) is 24.7 Å². The molecule has 0 aliphatic heterocycles. The number of aliphatic hydroxyl groups excluding tert-OH is 2. The van der Waals surface area contributed by atoms with Crippen LogP contribution < -0.4 is 10.6 Å². The van der Waals surface area contributed by atoms with Gasteiger partial charge in [-0.05, 0) is 36.7 Å². The molecule has 12 heteroatoms. The molecule has 4 N–H and O–H groups in total. The fourth-order valence-electron chi connectivity index (χ4n) is 6.62. The number of nitrogens with one attached hydrogen (secondary N) is 2. The van der Waals surface area contributed by atoms with Crippen LogP contribution in [0.25, 0.3) is 0 Å². The summed E-state index contributed by atoms with van der Waals surface area (Å²) in [5, 5.41) is 30.1. The number of carbonyl (C=O) groups is 3. The molecule has 4 rings (SSSR count). The molecule has 1 fully saturated rings. The smallest absolute Gasteiger partial charge is 0.243 e. The zero-order valence-corrected chi connectivity index (χ0v) is 29.9. The Hall–Kier alpha value is -3.61. The highest BCUT2D eigenvalue weighted by atomic mass is 32.1. The summed E-state index contributed by atoms with van der Waals surface area (Å²) in [5.74, 6) is -1.25.